The van der Waals surface area contributed by atoms with Gasteiger partial charge in [-0.05, 0) is 43.5 Å². The number of unbranched alkanes of at least 4 members (excludes halogenated alkanes) is 1. The van der Waals surface area contributed by atoms with Crippen molar-refractivity contribution in [1.82, 2.24) is 0 Å². The third kappa shape index (κ3) is 7.28. The van der Waals surface area contributed by atoms with Crippen molar-refractivity contribution in [3.05, 3.63) is 48.1 Å². The molecule has 0 aliphatic carbocycles. The molecule has 5 nitrogen and oxygen atoms in total. The summed E-state index contributed by atoms with van der Waals surface area (Å²) in [6.45, 7) is 5.62. The van der Waals surface area contributed by atoms with Gasteiger partial charge in [-0.3, -0.25) is 0 Å². The van der Waals surface area contributed by atoms with Crippen LogP contribution in [0.3, 0.4) is 0 Å². The van der Waals surface area contributed by atoms with Crippen molar-refractivity contribution < 1.29 is 24.2 Å². The van der Waals surface area contributed by atoms with Crippen molar-refractivity contribution in [1.29, 1.82) is 0 Å². The Morgan fingerprint density at radius 3 is 2.32 bits per heavy atom. The van der Waals surface area contributed by atoms with Crippen LogP contribution in [-0.4, -0.2) is 30.3 Å². The summed E-state index contributed by atoms with van der Waals surface area (Å²) >= 11 is 0. The molecule has 0 fully saturated rings. The van der Waals surface area contributed by atoms with E-state index in [2.05, 4.69) is 6.58 Å². The molecule has 22 heavy (non-hydrogen) atoms. The molecule has 1 rings (SSSR count). The maximum absolute atomic E-state index is 11.5. The molecule has 1 aromatic carbocycles. The molecule has 0 atom stereocenters. The van der Waals surface area contributed by atoms with Crippen LogP contribution in [0.1, 0.15) is 25.3 Å². The summed E-state index contributed by atoms with van der Waals surface area (Å²) in [4.78, 5) is 22.6. The highest BCUT2D eigenvalue weighted by Gasteiger charge is 2.02. The van der Waals surface area contributed by atoms with E-state index in [1.807, 2.05) is 0 Å². The molecule has 0 unspecified atom stereocenters. The van der Waals surface area contributed by atoms with Crippen LogP contribution in [0.5, 0.6) is 5.75 Å². The minimum absolute atomic E-state index is 0.173. The minimum Gasteiger partial charge on any atom is -0.508 e. The molecule has 0 aliphatic heterocycles. The maximum Gasteiger partial charge on any atom is 0.333 e. The SMILES string of the molecule is C=C(C)C(=O)OCCCCOC(=O)/C=C/c1ccc(O)cc1. The van der Waals surface area contributed by atoms with Gasteiger partial charge < -0.3 is 14.6 Å². The second kappa shape index (κ2) is 9.39. The summed E-state index contributed by atoms with van der Waals surface area (Å²) in [5, 5.41) is 9.13. The number of hydrogen-bond donors (Lipinski definition) is 1. The normalized spacial score (nSPS) is 10.4. The Kier molecular flexibility index (Phi) is 7.47. The van der Waals surface area contributed by atoms with E-state index in [-0.39, 0.29) is 19.0 Å². The van der Waals surface area contributed by atoms with Crippen molar-refractivity contribution in [3.63, 3.8) is 0 Å². The maximum atomic E-state index is 11.5. The van der Waals surface area contributed by atoms with Gasteiger partial charge in [0, 0.05) is 11.6 Å². The van der Waals surface area contributed by atoms with Crippen LogP contribution in [0.25, 0.3) is 6.08 Å². The van der Waals surface area contributed by atoms with Crippen LogP contribution >= 0.6 is 0 Å². The average molecular weight is 304 g/mol. The molecular formula is C17H20O5. The van der Waals surface area contributed by atoms with E-state index in [9.17, 15) is 9.59 Å². The van der Waals surface area contributed by atoms with Gasteiger partial charge in [-0.1, -0.05) is 18.7 Å². The van der Waals surface area contributed by atoms with Gasteiger partial charge in [-0.2, -0.15) is 0 Å². The first kappa shape index (κ1) is 17.5. The largest absolute Gasteiger partial charge is 0.508 e. The number of esters is 2. The van der Waals surface area contributed by atoms with E-state index in [0.29, 0.717) is 18.4 Å². The third-order valence-corrected chi connectivity index (χ3v) is 2.67. The van der Waals surface area contributed by atoms with Crippen LogP contribution in [0.15, 0.2) is 42.5 Å². The molecule has 0 bridgehead atoms. The molecule has 0 amide bonds. The van der Waals surface area contributed by atoms with Crippen molar-refractivity contribution in [2.75, 3.05) is 13.2 Å². The lowest BCUT2D eigenvalue weighted by atomic mass is 10.2. The lowest BCUT2D eigenvalue weighted by molar-refractivity contribution is -0.140. The Bertz CT molecular complexity index is 543. The number of aromatic hydroxyl groups is 1. The fourth-order valence-corrected chi connectivity index (χ4v) is 1.46. The number of phenols is 1. The molecule has 0 spiro atoms. The number of benzene rings is 1. The fourth-order valence-electron chi connectivity index (χ4n) is 1.46. The monoisotopic (exact) mass is 304 g/mol. The fraction of sp³-hybridized carbons (Fsp3) is 0.294. The van der Waals surface area contributed by atoms with Crippen LogP contribution < -0.4 is 0 Å². The first-order valence-corrected chi connectivity index (χ1v) is 6.95. The Balaban J connectivity index is 2.14. The predicted molar refractivity (Wildman–Crippen MR) is 83.1 cm³/mol. The second-order valence-corrected chi connectivity index (χ2v) is 4.72. The summed E-state index contributed by atoms with van der Waals surface area (Å²) < 4.78 is 9.92. The van der Waals surface area contributed by atoms with Crippen molar-refractivity contribution >= 4 is 18.0 Å². The average Bonchev–Trinajstić information content (AvgIpc) is 2.49. The Labute approximate surface area is 129 Å². The lowest BCUT2D eigenvalue weighted by Gasteiger charge is -2.04. The molecule has 5 heteroatoms. The highest BCUT2D eigenvalue weighted by atomic mass is 16.5. The number of carbonyl (C=O) groups excluding carboxylic acids is 2. The Morgan fingerprint density at radius 2 is 1.73 bits per heavy atom. The molecule has 0 heterocycles. The highest BCUT2D eigenvalue weighted by Crippen LogP contribution is 2.10. The van der Waals surface area contributed by atoms with Crippen LogP contribution in [0, 0.1) is 0 Å². The number of ether oxygens (including phenoxy) is 2. The summed E-state index contributed by atoms with van der Waals surface area (Å²) in [7, 11) is 0. The second-order valence-electron chi connectivity index (χ2n) is 4.72. The van der Waals surface area contributed by atoms with Gasteiger partial charge in [0.1, 0.15) is 5.75 Å². The van der Waals surface area contributed by atoms with Gasteiger partial charge in [-0.25, -0.2) is 9.59 Å². The molecule has 0 aromatic heterocycles. The van der Waals surface area contributed by atoms with Gasteiger partial charge >= 0.3 is 11.9 Å². The van der Waals surface area contributed by atoms with E-state index in [1.54, 1.807) is 25.1 Å². The quantitative estimate of drug-likeness (QED) is 0.454. The summed E-state index contributed by atoms with van der Waals surface area (Å²) in [6.07, 6.45) is 4.17. The van der Waals surface area contributed by atoms with Crippen LogP contribution in [0.2, 0.25) is 0 Å². The van der Waals surface area contributed by atoms with Gasteiger partial charge in [0.05, 0.1) is 13.2 Å². The molecule has 0 radical (unpaired) electrons. The topological polar surface area (TPSA) is 72.8 Å². The summed E-state index contributed by atoms with van der Waals surface area (Å²) in [6, 6.07) is 6.46. The Hall–Kier alpha value is -2.56. The van der Waals surface area contributed by atoms with E-state index >= 15 is 0 Å². The first-order valence-electron chi connectivity index (χ1n) is 6.95. The zero-order chi connectivity index (χ0) is 16.4. The van der Waals surface area contributed by atoms with Gasteiger partial charge in [-0.15, -0.1) is 0 Å². The van der Waals surface area contributed by atoms with Gasteiger partial charge in [0.25, 0.3) is 0 Å². The van der Waals surface area contributed by atoms with E-state index < -0.39 is 11.9 Å². The molecule has 0 aliphatic rings. The number of phenolic OH excluding ortho intramolecular Hbond substituents is 1. The third-order valence-electron chi connectivity index (χ3n) is 2.67. The smallest absolute Gasteiger partial charge is 0.333 e. The van der Waals surface area contributed by atoms with Crippen LogP contribution in [-0.2, 0) is 19.1 Å². The van der Waals surface area contributed by atoms with Crippen molar-refractivity contribution in [2.24, 2.45) is 0 Å². The number of hydrogen-bond acceptors (Lipinski definition) is 5. The molecule has 1 aromatic rings. The summed E-state index contributed by atoms with van der Waals surface area (Å²) in [5.41, 5.74) is 1.16. The molecule has 1 N–H and O–H groups in total. The van der Waals surface area contributed by atoms with E-state index in [1.165, 1.54) is 18.2 Å². The van der Waals surface area contributed by atoms with Crippen molar-refractivity contribution in [2.45, 2.75) is 19.8 Å². The van der Waals surface area contributed by atoms with E-state index in [0.717, 1.165) is 5.56 Å². The standard InChI is InChI=1S/C17H20O5/c1-13(2)17(20)22-12-4-3-11-21-16(19)10-7-14-5-8-15(18)9-6-14/h5-10,18H,1,3-4,11-12H2,2H3/b10-7+. The number of carbonyl (C=O) groups is 2. The molecule has 0 saturated heterocycles. The molecule has 0 saturated carbocycles. The lowest BCUT2D eigenvalue weighted by Crippen LogP contribution is -2.08. The van der Waals surface area contributed by atoms with Gasteiger partial charge in [0.15, 0.2) is 0 Å². The highest BCUT2D eigenvalue weighted by molar-refractivity contribution is 5.87. The van der Waals surface area contributed by atoms with Gasteiger partial charge in [0.2, 0.25) is 0 Å². The van der Waals surface area contributed by atoms with Crippen LogP contribution in [0.4, 0.5) is 0 Å². The summed E-state index contributed by atoms with van der Waals surface area (Å²) in [5.74, 6) is -0.673. The predicted octanol–water partition coefficient (Wildman–Crippen LogP) is 2.85. The zero-order valence-corrected chi connectivity index (χ0v) is 12.6. The molecular weight excluding hydrogens is 284 g/mol. The minimum atomic E-state index is -0.438. The zero-order valence-electron chi connectivity index (χ0n) is 12.6. The van der Waals surface area contributed by atoms with E-state index in [4.69, 9.17) is 14.6 Å². The first-order chi connectivity index (χ1) is 10.5. The Morgan fingerprint density at radius 1 is 1.14 bits per heavy atom. The molecule has 118 valence electrons. The van der Waals surface area contributed by atoms with Crippen molar-refractivity contribution in [3.8, 4) is 5.75 Å². The number of rotatable bonds is 8.